The molecule has 8 nitrogen and oxygen atoms in total. The molecule has 0 fully saturated rings. The van der Waals surface area contributed by atoms with Gasteiger partial charge in [-0.05, 0) is 17.7 Å². The zero-order chi connectivity index (χ0) is 14.5. The predicted octanol–water partition coefficient (Wildman–Crippen LogP) is 1.45. The van der Waals surface area contributed by atoms with E-state index in [-0.39, 0.29) is 17.5 Å². The van der Waals surface area contributed by atoms with Gasteiger partial charge in [-0.25, -0.2) is 4.98 Å². The first-order valence-corrected chi connectivity index (χ1v) is 5.60. The van der Waals surface area contributed by atoms with Gasteiger partial charge in [0.25, 0.3) is 0 Å². The minimum atomic E-state index is -0.583. The molecule has 0 aliphatic carbocycles. The number of nitrogen functional groups attached to an aromatic ring is 1. The first kappa shape index (κ1) is 13.2. The van der Waals surface area contributed by atoms with E-state index in [9.17, 15) is 10.1 Å². The quantitative estimate of drug-likeness (QED) is 0.634. The lowest BCUT2D eigenvalue weighted by atomic mass is 10.1. The number of nitrogens with two attached hydrogens (primary N) is 1. The zero-order valence-electron chi connectivity index (χ0n) is 10.3. The van der Waals surface area contributed by atoms with Gasteiger partial charge < -0.3 is 11.1 Å². The molecule has 2 aromatic rings. The Morgan fingerprint density at radius 3 is 2.70 bits per heavy atom. The molecular weight excluding hydrogens is 260 g/mol. The summed E-state index contributed by atoms with van der Waals surface area (Å²) in [6.07, 6.45) is 1.06. The number of nitrogens with one attached hydrogen (secondary N) is 1. The van der Waals surface area contributed by atoms with E-state index in [4.69, 9.17) is 11.0 Å². The van der Waals surface area contributed by atoms with Gasteiger partial charge in [0.15, 0.2) is 0 Å². The highest BCUT2D eigenvalue weighted by atomic mass is 16.6. The van der Waals surface area contributed by atoms with Gasteiger partial charge in [0.1, 0.15) is 6.20 Å². The van der Waals surface area contributed by atoms with Crippen molar-refractivity contribution in [2.45, 2.75) is 6.54 Å². The second-order valence-electron chi connectivity index (χ2n) is 3.88. The van der Waals surface area contributed by atoms with Crippen LogP contribution < -0.4 is 11.1 Å². The van der Waals surface area contributed by atoms with E-state index < -0.39 is 4.92 Å². The van der Waals surface area contributed by atoms with E-state index in [0.717, 1.165) is 11.8 Å². The molecule has 0 saturated carbocycles. The van der Waals surface area contributed by atoms with E-state index in [2.05, 4.69) is 15.3 Å². The number of benzene rings is 1. The molecule has 0 atom stereocenters. The van der Waals surface area contributed by atoms with Crippen molar-refractivity contribution in [3.05, 3.63) is 51.7 Å². The minimum Gasteiger partial charge on any atom is -0.368 e. The van der Waals surface area contributed by atoms with Crippen LogP contribution in [0, 0.1) is 21.4 Å². The van der Waals surface area contributed by atoms with Crippen LogP contribution in [0.4, 0.5) is 17.5 Å². The summed E-state index contributed by atoms with van der Waals surface area (Å²) in [5.41, 5.74) is 6.58. The first-order valence-electron chi connectivity index (χ1n) is 5.60. The number of anilines is 2. The highest BCUT2D eigenvalue weighted by molar-refractivity contribution is 5.56. The summed E-state index contributed by atoms with van der Waals surface area (Å²) in [6, 6.07) is 8.85. The minimum absolute atomic E-state index is 0.0436. The largest absolute Gasteiger partial charge is 0.368 e. The fourth-order valence-corrected chi connectivity index (χ4v) is 1.54. The third-order valence-corrected chi connectivity index (χ3v) is 2.53. The van der Waals surface area contributed by atoms with Crippen LogP contribution in [-0.4, -0.2) is 14.9 Å². The van der Waals surface area contributed by atoms with E-state index in [0.29, 0.717) is 12.1 Å². The molecule has 8 heteroatoms. The normalized spacial score (nSPS) is 9.75. The number of hydrogen-bond donors (Lipinski definition) is 2. The van der Waals surface area contributed by atoms with Crippen LogP contribution in [0.25, 0.3) is 0 Å². The molecule has 100 valence electrons. The van der Waals surface area contributed by atoms with Crippen LogP contribution in [0.1, 0.15) is 11.1 Å². The number of nitriles is 1. The topological polar surface area (TPSA) is 131 Å². The molecule has 2 rings (SSSR count). The fourth-order valence-electron chi connectivity index (χ4n) is 1.54. The molecule has 1 aromatic carbocycles. The summed E-state index contributed by atoms with van der Waals surface area (Å²) in [5, 5.41) is 22.4. The van der Waals surface area contributed by atoms with Gasteiger partial charge in [-0.15, -0.1) is 0 Å². The molecule has 0 aliphatic rings. The molecule has 0 saturated heterocycles. The molecule has 1 heterocycles. The maximum absolute atomic E-state index is 10.8. The van der Waals surface area contributed by atoms with Gasteiger partial charge >= 0.3 is 5.69 Å². The second-order valence-corrected chi connectivity index (χ2v) is 3.88. The standard InChI is InChI=1S/C12H10N6O2/c13-5-8-1-3-9(4-2-8)6-15-11-10(18(19)20)7-16-12(14)17-11/h1-4,7H,6H2,(H3,14,15,16,17). The van der Waals surface area contributed by atoms with Crippen molar-refractivity contribution in [2.75, 3.05) is 11.1 Å². The molecule has 0 spiro atoms. The second kappa shape index (κ2) is 5.62. The van der Waals surface area contributed by atoms with Crippen LogP contribution in [0.5, 0.6) is 0 Å². The summed E-state index contributed by atoms with van der Waals surface area (Å²) in [4.78, 5) is 17.6. The Hall–Kier alpha value is -3.21. The van der Waals surface area contributed by atoms with Crippen molar-refractivity contribution in [3.8, 4) is 6.07 Å². The lowest BCUT2D eigenvalue weighted by Gasteiger charge is -2.06. The molecule has 0 aliphatic heterocycles. The van der Waals surface area contributed by atoms with Gasteiger partial charge in [-0.2, -0.15) is 10.2 Å². The van der Waals surface area contributed by atoms with Crippen molar-refractivity contribution in [3.63, 3.8) is 0 Å². The summed E-state index contributed by atoms with van der Waals surface area (Å²) >= 11 is 0. The molecule has 0 unspecified atom stereocenters. The highest BCUT2D eigenvalue weighted by Crippen LogP contribution is 2.21. The first-order chi connectivity index (χ1) is 9.60. The molecule has 3 N–H and O–H groups in total. The Morgan fingerprint density at radius 1 is 1.40 bits per heavy atom. The number of nitro groups is 1. The summed E-state index contributed by atoms with van der Waals surface area (Å²) in [6.45, 7) is 0.322. The molecule has 0 amide bonds. The maximum atomic E-state index is 10.8. The van der Waals surface area contributed by atoms with Gasteiger partial charge in [-0.1, -0.05) is 12.1 Å². The Labute approximate surface area is 114 Å². The average molecular weight is 270 g/mol. The lowest BCUT2D eigenvalue weighted by molar-refractivity contribution is -0.384. The summed E-state index contributed by atoms with van der Waals surface area (Å²) < 4.78 is 0. The Balaban J connectivity index is 2.15. The Bertz CT molecular complexity index is 677. The summed E-state index contributed by atoms with van der Waals surface area (Å²) in [7, 11) is 0. The molecule has 0 bridgehead atoms. The van der Waals surface area contributed by atoms with Crippen LogP contribution >= 0.6 is 0 Å². The predicted molar refractivity (Wildman–Crippen MR) is 71.6 cm³/mol. The Kier molecular flexibility index (Phi) is 3.72. The van der Waals surface area contributed by atoms with Crippen LogP contribution in [0.2, 0.25) is 0 Å². The fraction of sp³-hybridized carbons (Fsp3) is 0.0833. The van der Waals surface area contributed by atoms with E-state index in [1.54, 1.807) is 24.3 Å². The van der Waals surface area contributed by atoms with Crippen LogP contribution in [0.15, 0.2) is 30.5 Å². The van der Waals surface area contributed by atoms with Gasteiger partial charge in [-0.3, -0.25) is 10.1 Å². The molecule has 0 radical (unpaired) electrons. The van der Waals surface area contributed by atoms with E-state index in [1.807, 2.05) is 6.07 Å². The smallest absolute Gasteiger partial charge is 0.329 e. The average Bonchev–Trinajstić information content (AvgIpc) is 2.45. The molecule has 1 aromatic heterocycles. The maximum Gasteiger partial charge on any atom is 0.329 e. The highest BCUT2D eigenvalue weighted by Gasteiger charge is 2.16. The van der Waals surface area contributed by atoms with E-state index in [1.165, 1.54) is 0 Å². The molecule has 20 heavy (non-hydrogen) atoms. The van der Waals surface area contributed by atoms with Crippen LogP contribution in [-0.2, 0) is 6.54 Å². The third kappa shape index (κ3) is 2.97. The number of rotatable bonds is 4. The van der Waals surface area contributed by atoms with Crippen molar-refractivity contribution in [1.29, 1.82) is 5.26 Å². The van der Waals surface area contributed by atoms with Crippen molar-refractivity contribution in [1.82, 2.24) is 9.97 Å². The van der Waals surface area contributed by atoms with Gasteiger partial charge in [0, 0.05) is 6.54 Å². The monoisotopic (exact) mass is 270 g/mol. The number of aromatic nitrogens is 2. The van der Waals surface area contributed by atoms with Crippen molar-refractivity contribution in [2.24, 2.45) is 0 Å². The number of nitrogens with zero attached hydrogens (tertiary/aromatic N) is 4. The molecular formula is C12H10N6O2. The zero-order valence-corrected chi connectivity index (χ0v) is 10.3. The van der Waals surface area contributed by atoms with E-state index >= 15 is 0 Å². The summed E-state index contributed by atoms with van der Waals surface area (Å²) in [5.74, 6) is 0.0183. The lowest BCUT2D eigenvalue weighted by Crippen LogP contribution is -2.07. The third-order valence-electron chi connectivity index (χ3n) is 2.53. The van der Waals surface area contributed by atoms with Crippen molar-refractivity contribution >= 4 is 17.5 Å². The SMILES string of the molecule is N#Cc1ccc(CNc2nc(N)ncc2[N+](=O)[O-])cc1. The van der Waals surface area contributed by atoms with Gasteiger partial charge in [0.05, 0.1) is 16.6 Å². The van der Waals surface area contributed by atoms with Crippen LogP contribution in [0.3, 0.4) is 0 Å². The number of hydrogen-bond acceptors (Lipinski definition) is 7. The van der Waals surface area contributed by atoms with Gasteiger partial charge in [0.2, 0.25) is 11.8 Å². The Morgan fingerprint density at radius 2 is 2.10 bits per heavy atom. The van der Waals surface area contributed by atoms with Crippen molar-refractivity contribution < 1.29 is 4.92 Å².